The topological polar surface area (TPSA) is 12.5 Å². The molecule has 0 amide bonds. The van der Waals surface area contributed by atoms with Crippen LogP contribution in [-0.4, -0.2) is 31.1 Å². The molecule has 2 aliphatic rings. The number of rotatable bonds is 1. The van der Waals surface area contributed by atoms with Crippen molar-refractivity contribution in [1.29, 1.82) is 0 Å². The Labute approximate surface area is 87.4 Å². The highest BCUT2D eigenvalue weighted by Crippen LogP contribution is 2.45. The van der Waals surface area contributed by atoms with E-state index in [0.29, 0.717) is 11.8 Å². The standard InChI is InChI=1S/C10H16F3NO/c1-6-7-3-4-8(6)9(14(2)5-7)15-10(11,12)13/h6-9H,3-5H2,1-2H3. The summed E-state index contributed by atoms with van der Waals surface area (Å²) < 4.78 is 40.9. The van der Waals surface area contributed by atoms with Gasteiger partial charge in [0.25, 0.3) is 0 Å². The minimum atomic E-state index is -4.52. The molecule has 0 spiro atoms. The van der Waals surface area contributed by atoms with Crippen LogP contribution < -0.4 is 0 Å². The summed E-state index contributed by atoms with van der Waals surface area (Å²) in [5.74, 6) is 0.942. The van der Waals surface area contributed by atoms with Crippen molar-refractivity contribution < 1.29 is 17.9 Å². The van der Waals surface area contributed by atoms with E-state index in [9.17, 15) is 13.2 Å². The number of hydrogen-bond acceptors (Lipinski definition) is 2. The molecule has 1 saturated carbocycles. The van der Waals surface area contributed by atoms with E-state index in [-0.39, 0.29) is 5.92 Å². The van der Waals surface area contributed by atoms with Crippen molar-refractivity contribution >= 4 is 0 Å². The number of ether oxygens (including phenoxy) is 1. The largest absolute Gasteiger partial charge is 0.524 e. The van der Waals surface area contributed by atoms with Gasteiger partial charge in [-0.05, 0) is 31.7 Å². The number of halogens is 3. The van der Waals surface area contributed by atoms with Crippen molar-refractivity contribution in [2.24, 2.45) is 17.8 Å². The highest BCUT2D eigenvalue weighted by molar-refractivity contribution is 4.92. The van der Waals surface area contributed by atoms with Crippen LogP contribution in [0.5, 0.6) is 0 Å². The second-order valence-electron chi connectivity index (χ2n) is 4.75. The lowest BCUT2D eigenvalue weighted by Gasteiger charge is -2.41. The van der Waals surface area contributed by atoms with Gasteiger partial charge >= 0.3 is 6.36 Å². The van der Waals surface area contributed by atoms with Gasteiger partial charge in [-0.15, -0.1) is 13.2 Å². The molecule has 0 aromatic rings. The molecule has 0 radical (unpaired) electrons. The summed E-state index contributed by atoms with van der Waals surface area (Å²) in [6.45, 7) is 2.76. The number of piperidine rings is 1. The Morgan fingerprint density at radius 1 is 1.27 bits per heavy atom. The van der Waals surface area contributed by atoms with Crippen LogP contribution in [0, 0.1) is 17.8 Å². The maximum Gasteiger partial charge on any atom is 0.524 e. The van der Waals surface area contributed by atoms with Gasteiger partial charge in [-0.1, -0.05) is 6.92 Å². The second kappa shape index (κ2) is 3.63. The van der Waals surface area contributed by atoms with Crippen LogP contribution in [0.4, 0.5) is 13.2 Å². The van der Waals surface area contributed by atoms with Crippen molar-refractivity contribution in [2.45, 2.75) is 32.4 Å². The Bertz CT molecular complexity index is 243. The van der Waals surface area contributed by atoms with Gasteiger partial charge in [0.1, 0.15) is 6.23 Å². The van der Waals surface area contributed by atoms with Gasteiger partial charge in [0, 0.05) is 12.5 Å². The highest BCUT2D eigenvalue weighted by atomic mass is 19.4. The first kappa shape index (κ1) is 11.2. The molecule has 4 unspecified atom stereocenters. The Morgan fingerprint density at radius 2 is 1.93 bits per heavy atom. The SMILES string of the molecule is CC1C2CCC1C(OC(F)(F)F)N(C)C2. The molecule has 0 N–H and O–H groups in total. The van der Waals surface area contributed by atoms with E-state index in [0.717, 1.165) is 19.4 Å². The molecule has 2 nitrogen and oxygen atoms in total. The summed E-state index contributed by atoms with van der Waals surface area (Å²) in [5.41, 5.74) is 0. The maximum atomic E-state index is 12.2. The number of nitrogens with zero attached hydrogens (tertiary/aromatic N) is 1. The Hall–Kier alpha value is -0.290. The van der Waals surface area contributed by atoms with Crippen molar-refractivity contribution in [1.82, 2.24) is 4.90 Å². The Morgan fingerprint density at radius 3 is 2.53 bits per heavy atom. The first-order valence-electron chi connectivity index (χ1n) is 5.33. The number of likely N-dealkylation sites (tertiary alicyclic amines) is 1. The summed E-state index contributed by atoms with van der Waals surface area (Å²) >= 11 is 0. The van der Waals surface area contributed by atoms with Crippen molar-refractivity contribution in [3.05, 3.63) is 0 Å². The van der Waals surface area contributed by atoms with Gasteiger partial charge in [0.2, 0.25) is 0 Å². The maximum absolute atomic E-state index is 12.2. The van der Waals surface area contributed by atoms with Gasteiger partial charge in [0.15, 0.2) is 0 Å². The third-order valence-electron chi connectivity index (χ3n) is 3.87. The summed E-state index contributed by atoms with van der Waals surface area (Å²) in [5, 5.41) is 0. The van der Waals surface area contributed by atoms with Crippen molar-refractivity contribution in [2.75, 3.05) is 13.6 Å². The molecular formula is C10H16F3NO. The first-order chi connectivity index (χ1) is 6.88. The predicted octanol–water partition coefficient (Wildman–Crippen LogP) is 2.46. The fourth-order valence-electron chi connectivity index (χ4n) is 3.06. The van der Waals surface area contributed by atoms with Gasteiger partial charge < -0.3 is 0 Å². The van der Waals surface area contributed by atoms with Crippen LogP contribution in [0.3, 0.4) is 0 Å². The second-order valence-corrected chi connectivity index (χ2v) is 4.75. The van der Waals surface area contributed by atoms with Gasteiger partial charge in [-0.25, -0.2) is 0 Å². The van der Waals surface area contributed by atoms with Gasteiger partial charge in [-0.3, -0.25) is 9.64 Å². The molecule has 4 atom stereocenters. The Balaban J connectivity index is 2.09. The number of hydrogen-bond donors (Lipinski definition) is 0. The molecule has 0 aromatic carbocycles. The van der Waals surface area contributed by atoms with Crippen molar-refractivity contribution in [3.8, 4) is 0 Å². The van der Waals surface area contributed by atoms with E-state index >= 15 is 0 Å². The summed E-state index contributed by atoms with van der Waals surface area (Å²) in [6, 6.07) is 0. The zero-order chi connectivity index (χ0) is 11.2. The van der Waals surface area contributed by atoms with E-state index in [1.54, 1.807) is 11.9 Å². The lowest BCUT2D eigenvalue weighted by molar-refractivity contribution is -0.370. The molecule has 2 bridgehead atoms. The van der Waals surface area contributed by atoms with Crippen LogP contribution in [0.15, 0.2) is 0 Å². The molecule has 0 aromatic heterocycles. The third kappa shape index (κ3) is 2.13. The van der Waals surface area contributed by atoms with E-state index in [1.807, 2.05) is 6.92 Å². The van der Waals surface area contributed by atoms with E-state index in [2.05, 4.69) is 4.74 Å². The van der Waals surface area contributed by atoms with Crippen LogP contribution in [0.25, 0.3) is 0 Å². The molecule has 1 aliphatic carbocycles. The number of alkyl halides is 3. The highest BCUT2D eigenvalue weighted by Gasteiger charge is 2.48. The van der Waals surface area contributed by atoms with Crippen LogP contribution in [0.2, 0.25) is 0 Å². The monoisotopic (exact) mass is 223 g/mol. The lowest BCUT2D eigenvalue weighted by atomic mass is 9.86. The molecular weight excluding hydrogens is 207 g/mol. The fourth-order valence-corrected chi connectivity index (χ4v) is 3.06. The molecule has 2 rings (SSSR count). The summed E-state index contributed by atoms with van der Waals surface area (Å²) in [6.07, 6.45) is -3.41. The molecule has 2 fully saturated rings. The molecule has 15 heavy (non-hydrogen) atoms. The lowest BCUT2D eigenvalue weighted by Crippen LogP contribution is -2.50. The van der Waals surface area contributed by atoms with E-state index in [4.69, 9.17) is 0 Å². The molecule has 1 saturated heterocycles. The van der Waals surface area contributed by atoms with Crippen LogP contribution in [0.1, 0.15) is 19.8 Å². The third-order valence-corrected chi connectivity index (χ3v) is 3.87. The average Bonchev–Trinajstić information content (AvgIpc) is 2.33. The zero-order valence-corrected chi connectivity index (χ0v) is 8.92. The summed E-state index contributed by atoms with van der Waals surface area (Å²) in [7, 11) is 1.72. The molecule has 5 heteroatoms. The molecule has 88 valence electrons. The quantitative estimate of drug-likeness (QED) is 0.677. The normalized spacial score (nSPS) is 42.2. The molecule has 1 aliphatic heterocycles. The minimum Gasteiger partial charge on any atom is -0.281 e. The van der Waals surface area contributed by atoms with Gasteiger partial charge in [0.05, 0.1) is 0 Å². The minimum absolute atomic E-state index is 0.0374. The zero-order valence-electron chi connectivity index (χ0n) is 8.92. The van der Waals surface area contributed by atoms with E-state index in [1.165, 1.54) is 0 Å². The molecule has 1 heterocycles. The first-order valence-corrected chi connectivity index (χ1v) is 5.33. The summed E-state index contributed by atoms with van der Waals surface area (Å²) in [4.78, 5) is 1.70. The van der Waals surface area contributed by atoms with Crippen molar-refractivity contribution in [3.63, 3.8) is 0 Å². The smallest absolute Gasteiger partial charge is 0.281 e. The van der Waals surface area contributed by atoms with E-state index < -0.39 is 12.6 Å². The van der Waals surface area contributed by atoms with Gasteiger partial charge in [-0.2, -0.15) is 0 Å². The fraction of sp³-hybridized carbons (Fsp3) is 1.00. The average molecular weight is 223 g/mol. The Kier molecular flexibility index (Phi) is 2.71. The predicted molar refractivity (Wildman–Crippen MR) is 48.9 cm³/mol. The van der Waals surface area contributed by atoms with Crippen LogP contribution >= 0.6 is 0 Å². The number of fused-ring (bicyclic) bond motifs is 2. The van der Waals surface area contributed by atoms with Crippen LogP contribution in [-0.2, 0) is 4.74 Å².